The van der Waals surface area contributed by atoms with Gasteiger partial charge < -0.3 is 19.7 Å². The van der Waals surface area contributed by atoms with Crippen LogP contribution in [-0.2, 0) is 4.79 Å². The summed E-state index contributed by atoms with van der Waals surface area (Å²) < 4.78 is 37.5. The summed E-state index contributed by atoms with van der Waals surface area (Å²) in [5.41, 5.74) is 0.928. The third kappa shape index (κ3) is 8.30. The first-order valence-corrected chi connectivity index (χ1v) is 10.9. The Morgan fingerprint density at radius 2 is 1.75 bits per heavy atom. The lowest BCUT2D eigenvalue weighted by Gasteiger charge is -2.21. The monoisotopic (exact) mass is 446 g/mol. The number of carbonyl (C=O) groups is 1. The fraction of sp³-hybridized carbons (Fsp3) is 0.400. The number of methoxy groups -OCH3 is 1. The summed E-state index contributed by atoms with van der Waals surface area (Å²) in [5.74, 6) is -1.16. The Kier molecular flexibility index (Phi) is 10.7. The van der Waals surface area contributed by atoms with E-state index in [0.29, 0.717) is 29.4 Å². The van der Waals surface area contributed by atoms with Crippen molar-refractivity contribution in [2.45, 2.75) is 33.1 Å². The molecule has 0 heterocycles. The van der Waals surface area contributed by atoms with E-state index < -0.39 is 17.5 Å². The Morgan fingerprint density at radius 1 is 1.00 bits per heavy atom. The molecular formula is C25H32F2N2O3. The number of anilines is 1. The van der Waals surface area contributed by atoms with Gasteiger partial charge in [-0.3, -0.25) is 4.79 Å². The fourth-order valence-corrected chi connectivity index (χ4v) is 3.28. The highest BCUT2D eigenvalue weighted by molar-refractivity contribution is 6.02. The standard InChI is InChI=1S/C25H32F2N2O3/c1-4-13-29(14-5-2)15-6-16-32-24-18-20(9-11-23(24)31-3)28-25(30)12-8-19-7-10-21(26)22(27)17-19/h7-12,17-18H,4-6,13-16H2,1-3H3,(H,28,30). The van der Waals surface area contributed by atoms with Crippen LogP contribution < -0.4 is 14.8 Å². The number of amides is 1. The minimum Gasteiger partial charge on any atom is -0.493 e. The smallest absolute Gasteiger partial charge is 0.248 e. The van der Waals surface area contributed by atoms with Crippen molar-refractivity contribution < 1.29 is 23.0 Å². The van der Waals surface area contributed by atoms with E-state index >= 15 is 0 Å². The van der Waals surface area contributed by atoms with Crippen molar-refractivity contribution in [1.29, 1.82) is 0 Å². The summed E-state index contributed by atoms with van der Waals surface area (Å²) in [7, 11) is 1.56. The molecule has 0 aliphatic carbocycles. The van der Waals surface area contributed by atoms with Crippen LogP contribution in [0.15, 0.2) is 42.5 Å². The van der Waals surface area contributed by atoms with Crippen molar-refractivity contribution in [3.63, 3.8) is 0 Å². The molecule has 2 rings (SSSR count). The quantitative estimate of drug-likeness (QED) is 0.325. The summed E-state index contributed by atoms with van der Waals surface area (Å²) in [5, 5.41) is 2.73. The van der Waals surface area contributed by atoms with E-state index in [-0.39, 0.29) is 0 Å². The van der Waals surface area contributed by atoms with Crippen LogP contribution >= 0.6 is 0 Å². The van der Waals surface area contributed by atoms with Gasteiger partial charge in [-0.2, -0.15) is 0 Å². The summed E-state index contributed by atoms with van der Waals surface area (Å²) >= 11 is 0. The number of hydrogen-bond donors (Lipinski definition) is 1. The second-order valence-electron chi connectivity index (χ2n) is 7.41. The number of benzene rings is 2. The number of ether oxygens (including phenoxy) is 2. The van der Waals surface area contributed by atoms with Crippen LogP contribution in [0.2, 0.25) is 0 Å². The Morgan fingerprint density at radius 3 is 2.41 bits per heavy atom. The van der Waals surface area contributed by atoms with E-state index in [9.17, 15) is 13.6 Å². The van der Waals surface area contributed by atoms with Crippen molar-refractivity contribution in [2.24, 2.45) is 0 Å². The molecule has 0 unspecified atom stereocenters. The summed E-state index contributed by atoms with van der Waals surface area (Å²) in [6, 6.07) is 8.58. The molecule has 5 nitrogen and oxygen atoms in total. The zero-order valence-corrected chi connectivity index (χ0v) is 19.0. The van der Waals surface area contributed by atoms with Crippen molar-refractivity contribution in [1.82, 2.24) is 4.90 Å². The number of rotatable bonds is 13. The van der Waals surface area contributed by atoms with Gasteiger partial charge in [0.15, 0.2) is 23.1 Å². The average Bonchev–Trinajstić information content (AvgIpc) is 2.78. The molecule has 1 N–H and O–H groups in total. The number of hydrogen-bond acceptors (Lipinski definition) is 4. The van der Waals surface area contributed by atoms with E-state index in [4.69, 9.17) is 9.47 Å². The lowest BCUT2D eigenvalue weighted by Crippen LogP contribution is -2.27. The third-order valence-electron chi connectivity index (χ3n) is 4.76. The molecular weight excluding hydrogens is 414 g/mol. The summed E-state index contributed by atoms with van der Waals surface area (Å²) in [6.45, 7) is 8.02. The summed E-state index contributed by atoms with van der Waals surface area (Å²) in [4.78, 5) is 14.6. The maximum atomic E-state index is 13.3. The number of carbonyl (C=O) groups excluding carboxylic acids is 1. The van der Waals surface area contributed by atoms with Gasteiger partial charge in [-0.15, -0.1) is 0 Å². The van der Waals surface area contributed by atoms with Gasteiger partial charge in [0.05, 0.1) is 13.7 Å². The molecule has 0 aliphatic rings. The molecule has 0 fully saturated rings. The van der Waals surface area contributed by atoms with Gasteiger partial charge in [-0.05, 0) is 68.3 Å². The Balaban J connectivity index is 1.94. The molecule has 2 aromatic rings. The second-order valence-corrected chi connectivity index (χ2v) is 7.41. The van der Waals surface area contributed by atoms with Crippen LogP contribution in [0.5, 0.6) is 11.5 Å². The Hall–Kier alpha value is -2.93. The fourth-order valence-electron chi connectivity index (χ4n) is 3.28. The van der Waals surface area contributed by atoms with Gasteiger partial charge in [-0.1, -0.05) is 19.9 Å². The lowest BCUT2D eigenvalue weighted by molar-refractivity contribution is -0.111. The molecule has 2 aromatic carbocycles. The predicted octanol–water partition coefficient (Wildman–Crippen LogP) is 5.52. The van der Waals surface area contributed by atoms with Crippen LogP contribution in [0.3, 0.4) is 0 Å². The molecule has 0 spiro atoms. The first-order valence-electron chi connectivity index (χ1n) is 10.9. The number of nitrogens with zero attached hydrogens (tertiary/aromatic N) is 1. The van der Waals surface area contributed by atoms with Crippen molar-refractivity contribution >= 4 is 17.7 Å². The minimum absolute atomic E-state index is 0.387. The number of halogens is 2. The van der Waals surface area contributed by atoms with Gasteiger partial charge in [0.1, 0.15) is 0 Å². The molecule has 0 atom stereocenters. The highest BCUT2D eigenvalue weighted by atomic mass is 19.2. The third-order valence-corrected chi connectivity index (χ3v) is 4.76. The molecule has 0 radical (unpaired) electrons. The van der Waals surface area contributed by atoms with Crippen molar-refractivity contribution in [3.8, 4) is 11.5 Å². The van der Waals surface area contributed by atoms with E-state index in [1.54, 1.807) is 25.3 Å². The van der Waals surface area contributed by atoms with Crippen LogP contribution in [0.25, 0.3) is 6.08 Å². The maximum Gasteiger partial charge on any atom is 0.248 e. The van der Waals surface area contributed by atoms with Gasteiger partial charge >= 0.3 is 0 Å². The maximum absolute atomic E-state index is 13.3. The van der Waals surface area contributed by atoms with E-state index in [1.165, 1.54) is 18.2 Å². The Bertz CT molecular complexity index is 897. The predicted molar refractivity (Wildman–Crippen MR) is 124 cm³/mol. The molecule has 0 aromatic heterocycles. The first-order chi connectivity index (χ1) is 15.5. The zero-order valence-electron chi connectivity index (χ0n) is 19.0. The molecule has 0 bridgehead atoms. The highest BCUT2D eigenvalue weighted by Crippen LogP contribution is 2.30. The SMILES string of the molecule is CCCN(CCC)CCCOc1cc(NC(=O)C=Cc2ccc(F)c(F)c2)ccc1OC. The highest BCUT2D eigenvalue weighted by Gasteiger charge is 2.09. The van der Waals surface area contributed by atoms with Crippen LogP contribution in [0.4, 0.5) is 14.5 Å². The first kappa shape index (κ1) is 25.3. The molecule has 32 heavy (non-hydrogen) atoms. The van der Waals surface area contributed by atoms with Crippen LogP contribution in [-0.4, -0.2) is 44.2 Å². The topological polar surface area (TPSA) is 50.8 Å². The Labute approximate surface area is 189 Å². The largest absolute Gasteiger partial charge is 0.493 e. The van der Waals surface area contributed by atoms with E-state index in [2.05, 4.69) is 24.1 Å². The van der Waals surface area contributed by atoms with Gasteiger partial charge in [0.25, 0.3) is 0 Å². The van der Waals surface area contributed by atoms with Gasteiger partial charge in [-0.25, -0.2) is 8.78 Å². The van der Waals surface area contributed by atoms with E-state index in [1.807, 2.05) is 0 Å². The van der Waals surface area contributed by atoms with E-state index in [0.717, 1.165) is 51.0 Å². The normalized spacial score (nSPS) is 11.2. The van der Waals surface area contributed by atoms with Gasteiger partial charge in [0.2, 0.25) is 5.91 Å². The molecule has 7 heteroatoms. The van der Waals surface area contributed by atoms with Crippen molar-refractivity contribution in [3.05, 3.63) is 59.7 Å². The molecule has 174 valence electrons. The molecule has 1 amide bonds. The number of nitrogens with one attached hydrogen (secondary N) is 1. The van der Waals surface area contributed by atoms with Gasteiger partial charge in [0, 0.05) is 24.4 Å². The zero-order chi connectivity index (χ0) is 23.3. The van der Waals surface area contributed by atoms with Crippen molar-refractivity contribution in [2.75, 3.05) is 38.7 Å². The minimum atomic E-state index is -0.961. The molecule has 0 aliphatic heterocycles. The average molecular weight is 447 g/mol. The molecule has 0 saturated carbocycles. The summed E-state index contributed by atoms with van der Waals surface area (Å²) in [6.07, 6.45) is 5.81. The molecule has 0 saturated heterocycles. The van der Waals surface area contributed by atoms with Crippen LogP contribution in [0.1, 0.15) is 38.7 Å². The second kappa shape index (κ2) is 13.5. The van der Waals surface area contributed by atoms with Crippen LogP contribution in [0, 0.1) is 11.6 Å². The lowest BCUT2D eigenvalue weighted by atomic mass is 10.2.